The molecule has 0 aromatic heterocycles. The summed E-state index contributed by atoms with van der Waals surface area (Å²) < 4.78 is 0. The summed E-state index contributed by atoms with van der Waals surface area (Å²) in [6, 6.07) is 0. The highest BCUT2D eigenvalue weighted by molar-refractivity contribution is 7.80. The largest absolute Gasteiger partial charge is 0.299 e. The first-order valence-electron chi connectivity index (χ1n) is 5.54. The van der Waals surface area contributed by atoms with Gasteiger partial charge in [-0.15, -0.1) is 0 Å². The second kappa shape index (κ2) is 8.37. The SMILES string of the molecule is CC(C)CN(CC=CCS)CC(C)C. The predicted octanol–water partition coefficient (Wildman–Crippen LogP) is 3.09. The van der Waals surface area contributed by atoms with E-state index in [1.54, 1.807) is 0 Å². The van der Waals surface area contributed by atoms with Crippen molar-refractivity contribution < 1.29 is 0 Å². The molecule has 0 fully saturated rings. The Bertz CT molecular complexity index is 142. The van der Waals surface area contributed by atoms with Crippen LogP contribution in [0.4, 0.5) is 0 Å². The number of nitrogens with zero attached hydrogens (tertiary/aromatic N) is 1. The van der Waals surface area contributed by atoms with Crippen molar-refractivity contribution in [2.45, 2.75) is 27.7 Å². The molecule has 0 amide bonds. The second-order valence-electron chi connectivity index (χ2n) is 4.66. The molecule has 0 spiro atoms. The Labute approximate surface area is 95.0 Å². The summed E-state index contributed by atoms with van der Waals surface area (Å²) in [5.41, 5.74) is 0. The van der Waals surface area contributed by atoms with Crippen molar-refractivity contribution in [1.82, 2.24) is 4.90 Å². The van der Waals surface area contributed by atoms with E-state index in [9.17, 15) is 0 Å². The van der Waals surface area contributed by atoms with Gasteiger partial charge >= 0.3 is 0 Å². The molecule has 0 aromatic carbocycles. The number of thiol groups is 1. The lowest BCUT2D eigenvalue weighted by Gasteiger charge is -2.24. The molecule has 0 saturated carbocycles. The number of hydrogen-bond donors (Lipinski definition) is 1. The van der Waals surface area contributed by atoms with E-state index in [1.807, 2.05) is 0 Å². The third-order valence-electron chi connectivity index (χ3n) is 1.88. The highest BCUT2D eigenvalue weighted by Gasteiger charge is 2.07. The number of hydrogen-bond acceptors (Lipinski definition) is 2. The summed E-state index contributed by atoms with van der Waals surface area (Å²) in [7, 11) is 0. The maximum absolute atomic E-state index is 4.16. The quantitative estimate of drug-likeness (QED) is 0.504. The van der Waals surface area contributed by atoms with Crippen LogP contribution in [0.2, 0.25) is 0 Å². The van der Waals surface area contributed by atoms with Gasteiger partial charge in [0.1, 0.15) is 0 Å². The van der Waals surface area contributed by atoms with E-state index in [0.29, 0.717) is 0 Å². The van der Waals surface area contributed by atoms with Crippen molar-refractivity contribution in [1.29, 1.82) is 0 Å². The van der Waals surface area contributed by atoms with E-state index >= 15 is 0 Å². The van der Waals surface area contributed by atoms with E-state index < -0.39 is 0 Å². The molecule has 1 nitrogen and oxygen atoms in total. The van der Waals surface area contributed by atoms with Gasteiger partial charge in [0.2, 0.25) is 0 Å². The van der Waals surface area contributed by atoms with Crippen LogP contribution in [0.3, 0.4) is 0 Å². The fraction of sp³-hybridized carbons (Fsp3) is 0.833. The molecule has 0 atom stereocenters. The van der Waals surface area contributed by atoms with Crippen LogP contribution in [-0.2, 0) is 0 Å². The molecule has 0 unspecified atom stereocenters. The van der Waals surface area contributed by atoms with Crippen LogP contribution in [0.1, 0.15) is 27.7 Å². The van der Waals surface area contributed by atoms with Gasteiger partial charge in [0.05, 0.1) is 0 Å². The van der Waals surface area contributed by atoms with Crippen LogP contribution < -0.4 is 0 Å². The Morgan fingerprint density at radius 3 is 1.86 bits per heavy atom. The van der Waals surface area contributed by atoms with Gasteiger partial charge in [0.25, 0.3) is 0 Å². The molecular formula is C12H25NS. The fourth-order valence-corrected chi connectivity index (χ4v) is 1.70. The van der Waals surface area contributed by atoms with Gasteiger partial charge in [-0.25, -0.2) is 0 Å². The standard InChI is InChI=1S/C12H25NS/c1-11(2)9-13(10-12(3)4)7-5-6-8-14/h5-6,11-12,14H,7-10H2,1-4H3. The van der Waals surface area contributed by atoms with Gasteiger partial charge in [0.15, 0.2) is 0 Å². The highest BCUT2D eigenvalue weighted by atomic mass is 32.1. The van der Waals surface area contributed by atoms with Gasteiger partial charge in [-0.1, -0.05) is 39.8 Å². The topological polar surface area (TPSA) is 3.24 Å². The predicted molar refractivity (Wildman–Crippen MR) is 69.1 cm³/mol. The van der Waals surface area contributed by atoms with Crippen LogP contribution in [-0.4, -0.2) is 30.3 Å². The Hall–Kier alpha value is 0.0500. The third-order valence-corrected chi connectivity index (χ3v) is 2.09. The van der Waals surface area contributed by atoms with E-state index in [2.05, 4.69) is 57.4 Å². The van der Waals surface area contributed by atoms with Gasteiger partial charge in [-0.2, -0.15) is 12.6 Å². The van der Waals surface area contributed by atoms with E-state index in [4.69, 9.17) is 0 Å². The summed E-state index contributed by atoms with van der Waals surface area (Å²) in [6.45, 7) is 12.5. The zero-order chi connectivity index (χ0) is 11.0. The molecule has 14 heavy (non-hydrogen) atoms. The molecule has 0 aliphatic rings. The Morgan fingerprint density at radius 2 is 1.50 bits per heavy atom. The van der Waals surface area contributed by atoms with Crippen LogP contribution in [0.25, 0.3) is 0 Å². The maximum Gasteiger partial charge on any atom is 0.0163 e. The molecule has 84 valence electrons. The molecule has 0 heterocycles. The van der Waals surface area contributed by atoms with Crippen molar-refractivity contribution in [3.8, 4) is 0 Å². The molecule has 0 aliphatic carbocycles. The minimum absolute atomic E-state index is 0.748. The van der Waals surface area contributed by atoms with E-state index in [1.165, 1.54) is 13.1 Å². The molecular weight excluding hydrogens is 190 g/mol. The van der Waals surface area contributed by atoms with Gasteiger partial charge in [-0.3, -0.25) is 4.90 Å². The second-order valence-corrected chi connectivity index (χ2v) is 5.03. The summed E-state index contributed by atoms with van der Waals surface area (Å²) in [4.78, 5) is 2.51. The van der Waals surface area contributed by atoms with E-state index in [0.717, 1.165) is 24.1 Å². The smallest absolute Gasteiger partial charge is 0.0163 e. The third kappa shape index (κ3) is 8.64. The lowest BCUT2D eigenvalue weighted by molar-refractivity contribution is 0.241. The molecule has 0 N–H and O–H groups in total. The summed E-state index contributed by atoms with van der Waals surface area (Å²) in [5, 5.41) is 0. The summed E-state index contributed by atoms with van der Waals surface area (Å²) in [5.74, 6) is 2.34. The molecule has 0 radical (unpaired) electrons. The van der Waals surface area contributed by atoms with Crippen molar-refractivity contribution in [3.05, 3.63) is 12.2 Å². The molecule has 0 aromatic rings. The first-order chi connectivity index (χ1) is 6.56. The normalized spacial score (nSPS) is 12.6. The zero-order valence-corrected chi connectivity index (χ0v) is 10.9. The van der Waals surface area contributed by atoms with Gasteiger partial charge in [-0.05, 0) is 11.8 Å². The lowest BCUT2D eigenvalue weighted by Crippen LogP contribution is -2.31. The monoisotopic (exact) mass is 215 g/mol. The zero-order valence-electron chi connectivity index (χ0n) is 10.0. The average Bonchev–Trinajstić information content (AvgIpc) is 2.02. The molecule has 0 bridgehead atoms. The number of rotatable bonds is 7. The van der Waals surface area contributed by atoms with Crippen molar-refractivity contribution in [2.24, 2.45) is 11.8 Å². The van der Waals surface area contributed by atoms with Crippen LogP contribution in [0.5, 0.6) is 0 Å². The minimum atomic E-state index is 0.748. The van der Waals surface area contributed by atoms with Crippen molar-refractivity contribution in [3.63, 3.8) is 0 Å². The molecule has 0 aliphatic heterocycles. The Kier molecular flexibility index (Phi) is 8.40. The van der Waals surface area contributed by atoms with Gasteiger partial charge in [0, 0.05) is 25.4 Å². The van der Waals surface area contributed by atoms with Crippen LogP contribution in [0.15, 0.2) is 12.2 Å². The van der Waals surface area contributed by atoms with Crippen LogP contribution in [0, 0.1) is 11.8 Å². The maximum atomic E-state index is 4.16. The molecule has 2 heteroatoms. The lowest BCUT2D eigenvalue weighted by atomic mass is 10.1. The summed E-state index contributed by atoms with van der Waals surface area (Å²) >= 11 is 4.16. The van der Waals surface area contributed by atoms with Gasteiger partial charge < -0.3 is 0 Å². The highest BCUT2D eigenvalue weighted by Crippen LogP contribution is 2.03. The van der Waals surface area contributed by atoms with E-state index in [-0.39, 0.29) is 0 Å². The summed E-state index contributed by atoms with van der Waals surface area (Å²) in [6.07, 6.45) is 4.34. The first kappa shape index (κ1) is 14.1. The Morgan fingerprint density at radius 1 is 1.00 bits per heavy atom. The fourth-order valence-electron chi connectivity index (χ4n) is 1.55. The minimum Gasteiger partial charge on any atom is -0.299 e. The average molecular weight is 215 g/mol. The van der Waals surface area contributed by atoms with Crippen molar-refractivity contribution >= 4 is 12.6 Å². The molecule has 0 saturated heterocycles. The van der Waals surface area contributed by atoms with Crippen molar-refractivity contribution in [2.75, 3.05) is 25.4 Å². The molecule has 0 rings (SSSR count). The Balaban J connectivity index is 3.90. The van der Waals surface area contributed by atoms with Crippen LogP contribution >= 0.6 is 12.6 Å². The first-order valence-corrected chi connectivity index (χ1v) is 6.17.